The minimum Gasteiger partial charge on any atom is -0.302 e. The zero-order valence-corrected chi connectivity index (χ0v) is 9.47. The maximum atomic E-state index is 11.2. The molecule has 1 rings (SSSR count). The summed E-state index contributed by atoms with van der Waals surface area (Å²) in [6, 6.07) is 9.73. The van der Waals surface area contributed by atoms with Crippen LogP contribution in [0.3, 0.4) is 0 Å². The van der Waals surface area contributed by atoms with Crippen LogP contribution in [0.2, 0.25) is 0 Å². The van der Waals surface area contributed by atoms with Gasteiger partial charge in [0, 0.05) is 0 Å². The van der Waals surface area contributed by atoms with Gasteiger partial charge in [-0.3, -0.25) is 0 Å². The molecule has 0 heterocycles. The van der Waals surface area contributed by atoms with Crippen molar-refractivity contribution in [3.63, 3.8) is 0 Å². The third-order valence-corrected chi connectivity index (χ3v) is 2.32. The highest BCUT2D eigenvalue weighted by Gasteiger charge is 2.12. The Bertz CT molecular complexity index is 399. The molecule has 1 heteroatoms. The van der Waals surface area contributed by atoms with Gasteiger partial charge in [-0.25, -0.2) is 0 Å². The minimum absolute atomic E-state index is 0.213. The van der Waals surface area contributed by atoms with Crippen molar-refractivity contribution in [2.75, 3.05) is 0 Å². The Hall–Kier alpha value is -1.89. The van der Waals surface area contributed by atoms with Gasteiger partial charge < -0.3 is 4.79 Å². The number of rotatable bonds is 5. The highest BCUT2D eigenvalue weighted by Crippen LogP contribution is 2.23. The first-order valence-electron chi connectivity index (χ1n) is 5.29. The first kappa shape index (κ1) is 12.2. The van der Waals surface area contributed by atoms with Crippen molar-refractivity contribution in [1.82, 2.24) is 0 Å². The first-order valence-corrected chi connectivity index (χ1v) is 5.29. The Kier molecular flexibility index (Phi) is 5.00. The molecule has 1 atom stereocenters. The molecule has 0 amide bonds. The molecule has 0 N–H and O–H groups in total. The van der Waals surface area contributed by atoms with E-state index in [1.807, 2.05) is 55.5 Å². The number of hydrogen-bond donors (Lipinski definition) is 0. The highest BCUT2D eigenvalue weighted by molar-refractivity contribution is 5.69. The van der Waals surface area contributed by atoms with Crippen molar-refractivity contribution in [3.8, 4) is 0 Å². The zero-order valence-electron chi connectivity index (χ0n) is 9.47. The van der Waals surface area contributed by atoms with Gasteiger partial charge in [0.2, 0.25) is 0 Å². The first-order chi connectivity index (χ1) is 7.83. The molecule has 0 fully saturated rings. The Morgan fingerprint density at radius 2 is 2.00 bits per heavy atom. The Morgan fingerprint density at radius 1 is 1.31 bits per heavy atom. The van der Waals surface area contributed by atoms with E-state index in [0.29, 0.717) is 0 Å². The van der Waals surface area contributed by atoms with Gasteiger partial charge in [0.25, 0.3) is 0 Å². The zero-order chi connectivity index (χ0) is 11.8. The Labute approximate surface area is 96.8 Å². The molecule has 1 aromatic carbocycles. The van der Waals surface area contributed by atoms with Crippen LogP contribution in [-0.4, -0.2) is 6.29 Å². The highest BCUT2D eigenvalue weighted by atomic mass is 16.1. The molecule has 0 aliphatic rings. The summed E-state index contributed by atoms with van der Waals surface area (Å²) >= 11 is 0. The molecule has 1 nitrogen and oxygen atoms in total. The van der Waals surface area contributed by atoms with E-state index in [9.17, 15) is 4.79 Å². The van der Waals surface area contributed by atoms with Crippen LogP contribution in [0, 0.1) is 0 Å². The van der Waals surface area contributed by atoms with Crippen LogP contribution >= 0.6 is 0 Å². The summed E-state index contributed by atoms with van der Waals surface area (Å²) in [4.78, 5) is 11.2. The minimum atomic E-state index is -0.213. The van der Waals surface area contributed by atoms with E-state index in [-0.39, 0.29) is 5.92 Å². The van der Waals surface area contributed by atoms with Crippen molar-refractivity contribution < 1.29 is 4.79 Å². The van der Waals surface area contributed by atoms with Crippen LogP contribution in [0.1, 0.15) is 18.4 Å². The third-order valence-electron chi connectivity index (χ3n) is 2.32. The molecule has 0 aliphatic carbocycles. The second-order valence-electron chi connectivity index (χ2n) is 3.43. The fraction of sp³-hybridized carbons (Fsp3) is 0.133. The summed E-state index contributed by atoms with van der Waals surface area (Å²) in [6.07, 6.45) is 8.40. The van der Waals surface area contributed by atoms with Gasteiger partial charge in [0.1, 0.15) is 6.29 Å². The van der Waals surface area contributed by atoms with Gasteiger partial charge >= 0.3 is 0 Å². The molecule has 0 radical (unpaired) electrons. The summed E-state index contributed by atoms with van der Waals surface area (Å²) in [5.74, 6) is -0.213. The lowest BCUT2D eigenvalue weighted by molar-refractivity contribution is -0.108. The predicted octanol–water partition coefficient (Wildman–Crippen LogP) is 3.66. The SMILES string of the molecule is C=C/C=C(\C=C/C)C(C=O)c1ccccc1. The van der Waals surface area contributed by atoms with Gasteiger partial charge in [0.15, 0.2) is 0 Å². The fourth-order valence-corrected chi connectivity index (χ4v) is 1.60. The smallest absolute Gasteiger partial charge is 0.131 e. The normalized spacial score (nSPS) is 13.7. The molecular formula is C15H16O. The van der Waals surface area contributed by atoms with Crippen LogP contribution in [-0.2, 0) is 4.79 Å². The van der Waals surface area contributed by atoms with Crippen molar-refractivity contribution >= 4 is 6.29 Å². The lowest BCUT2D eigenvalue weighted by atomic mass is 9.92. The fourth-order valence-electron chi connectivity index (χ4n) is 1.60. The van der Waals surface area contributed by atoms with Gasteiger partial charge in [-0.15, -0.1) is 0 Å². The van der Waals surface area contributed by atoms with Crippen molar-refractivity contribution in [1.29, 1.82) is 0 Å². The lowest BCUT2D eigenvalue weighted by Crippen LogP contribution is -2.02. The number of carbonyl (C=O) groups excluding carboxylic acids is 1. The Balaban J connectivity index is 3.10. The van der Waals surface area contributed by atoms with E-state index >= 15 is 0 Å². The average molecular weight is 212 g/mol. The van der Waals surface area contributed by atoms with Crippen LogP contribution in [0.15, 0.2) is 66.8 Å². The van der Waals surface area contributed by atoms with E-state index < -0.39 is 0 Å². The van der Waals surface area contributed by atoms with Crippen LogP contribution in [0.5, 0.6) is 0 Å². The number of allylic oxidation sites excluding steroid dienone is 5. The number of benzene rings is 1. The number of carbonyl (C=O) groups is 1. The number of hydrogen-bond acceptors (Lipinski definition) is 1. The van der Waals surface area contributed by atoms with Gasteiger partial charge in [-0.1, -0.05) is 61.2 Å². The summed E-state index contributed by atoms with van der Waals surface area (Å²) in [6.45, 7) is 5.60. The summed E-state index contributed by atoms with van der Waals surface area (Å²) in [5, 5.41) is 0. The van der Waals surface area contributed by atoms with E-state index in [4.69, 9.17) is 0 Å². The lowest BCUT2D eigenvalue weighted by Gasteiger charge is -2.11. The quantitative estimate of drug-likeness (QED) is 0.537. The summed E-state index contributed by atoms with van der Waals surface area (Å²) in [5.41, 5.74) is 1.96. The molecule has 0 aliphatic heterocycles. The predicted molar refractivity (Wildman–Crippen MR) is 68.3 cm³/mol. The second-order valence-corrected chi connectivity index (χ2v) is 3.43. The Morgan fingerprint density at radius 3 is 2.50 bits per heavy atom. The molecule has 0 bridgehead atoms. The average Bonchev–Trinajstić information content (AvgIpc) is 2.32. The summed E-state index contributed by atoms with van der Waals surface area (Å²) in [7, 11) is 0. The van der Waals surface area contributed by atoms with E-state index in [1.165, 1.54) is 0 Å². The summed E-state index contributed by atoms with van der Waals surface area (Å²) < 4.78 is 0. The van der Waals surface area contributed by atoms with Crippen molar-refractivity contribution in [2.24, 2.45) is 0 Å². The van der Waals surface area contributed by atoms with E-state index in [0.717, 1.165) is 17.4 Å². The van der Waals surface area contributed by atoms with Crippen LogP contribution in [0.25, 0.3) is 0 Å². The molecular weight excluding hydrogens is 196 g/mol. The maximum Gasteiger partial charge on any atom is 0.131 e. The molecule has 1 unspecified atom stereocenters. The van der Waals surface area contributed by atoms with Gasteiger partial charge in [0.05, 0.1) is 5.92 Å². The standard InChI is InChI=1S/C15H16O/c1-3-8-13(9-4-2)15(12-16)14-10-6-5-7-11-14/h3-12,15H,1H2,2H3/b9-4-,13-8+. The monoisotopic (exact) mass is 212 g/mol. The van der Waals surface area contributed by atoms with E-state index in [1.54, 1.807) is 6.08 Å². The number of aldehydes is 1. The molecule has 16 heavy (non-hydrogen) atoms. The molecule has 0 saturated heterocycles. The molecule has 0 saturated carbocycles. The largest absolute Gasteiger partial charge is 0.302 e. The maximum absolute atomic E-state index is 11.2. The van der Waals surface area contributed by atoms with Crippen LogP contribution < -0.4 is 0 Å². The topological polar surface area (TPSA) is 17.1 Å². The van der Waals surface area contributed by atoms with Gasteiger partial charge in [-0.05, 0) is 18.1 Å². The molecule has 0 aromatic heterocycles. The van der Waals surface area contributed by atoms with Crippen molar-refractivity contribution in [2.45, 2.75) is 12.8 Å². The van der Waals surface area contributed by atoms with Crippen molar-refractivity contribution in [3.05, 3.63) is 72.4 Å². The van der Waals surface area contributed by atoms with Gasteiger partial charge in [-0.2, -0.15) is 0 Å². The molecule has 82 valence electrons. The molecule has 0 spiro atoms. The third kappa shape index (κ3) is 3.06. The van der Waals surface area contributed by atoms with E-state index in [2.05, 4.69) is 6.58 Å². The molecule has 1 aromatic rings. The van der Waals surface area contributed by atoms with Crippen LogP contribution in [0.4, 0.5) is 0 Å². The second kappa shape index (κ2) is 6.57.